The van der Waals surface area contributed by atoms with E-state index in [-0.39, 0.29) is 0 Å². The van der Waals surface area contributed by atoms with E-state index < -0.39 is 0 Å². The van der Waals surface area contributed by atoms with Gasteiger partial charge in [-0.25, -0.2) is 0 Å². The maximum absolute atomic E-state index is 5.40. The van der Waals surface area contributed by atoms with Crippen molar-refractivity contribution in [2.75, 3.05) is 7.11 Å². The molecule has 94 valence electrons. The molecule has 0 aliphatic carbocycles. The molecule has 2 rings (SSSR count). The Morgan fingerprint density at radius 2 is 1.83 bits per heavy atom. The molecule has 0 bridgehead atoms. The van der Waals surface area contributed by atoms with Gasteiger partial charge in [-0.05, 0) is 30.5 Å². The van der Waals surface area contributed by atoms with E-state index in [1.54, 1.807) is 7.11 Å². The highest BCUT2D eigenvalue weighted by Crippen LogP contribution is 2.32. The molecule has 0 spiro atoms. The highest BCUT2D eigenvalue weighted by molar-refractivity contribution is 5.72. The number of hydrogen-bond donors (Lipinski definition) is 0. The molecule has 0 amide bonds. The summed E-state index contributed by atoms with van der Waals surface area (Å²) in [7, 11) is 1.70. The topological polar surface area (TPSA) is 22.1 Å². The highest BCUT2D eigenvalue weighted by Gasteiger charge is 2.10. The van der Waals surface area contributed by atoms with Crippen molar-refractivity contribution >= 4 is 0 Å². The second-order valence-electron chi connectivity index (χ2n) is 4.78. The Morgan fingerprint density at radius 1 is 1.11 bits per heavy atom. The van der Waals surface area contributed by atoms with Crippen LogP contribution >= 0.6 is 0 Å². The number of pyridine rings is 1. The van der Waals surface area contributed by atoms with Crippen LogP contribution in [0.4, 0.5) is 0 Å². The lowest BCUT2D eigenvalue weighted by Crippen LogP contribution is -1.96. The number of para-hydroxylation sites is 1. The third-order valence-electron chi connectivity index (χ3n) is 3.12. The van der Waals surface area contributed by atoms with Crippen molar-refractivity contribution in [1.29, 1.82) is 0 Å². The van der Waals surface area contributed by atoms with E-state index in [2.05, 4.69) is 37.9 Å². The average molecular weight is 241 g/mol. The summed E-state index contributed by atoms with van der Waals surface area (Å²) >= 11 is 0. The quantitative estimate of drug-likeness (QED) is 0.804. The van der Waals surface area contributed by atoms with Crippen LogP contribution in [0.3, 0.4) is 0 Å². The maximum atomic E-state index is 5.40. The van der Waals surface area contributed by atoms with Crippen LogP contribution < -0.4 is 4.74 Å². The predicted molar refractivity (Wildman–Crippen MR) is 75.1 cm³/mol. The minimum Gasteiger partial charge on any atom is -0.496 e. The smallest absolute Gasteiger partial charge is 0.126 e. The molecule has 2 heteroatoms. The van der Waals surface area contributed by atoms with Crippen LogP contribution in [-0.4, -0.2) is 12.1 Å². The number of rotatable bonds is 3. The standard InChI is InChI=1S/C16H19NO/c1-11(2)15-9-12(3)14(10-17-15)13-7-5-6-8-16(13)18-4/h5-11H,1-4H3. The Kier molecular flexibility index (Phi) is 3.66. The van der Waals surface area contributed by atoms with Gasteiger partial charge in [0.15, 0.2) is 0 Å². The fourth-order valence-corrected chi connectivity index (χ4v) is 2.04. The maximum Gasteiger partial charge on any atom is 0.126 e. The van der Waals surface area contributed by atoms with Gasteiger partial charge >= 0.3 is 0 Å². The molecule has 0 aliphatic heterocycles. The Labute approximate surface area is 109 Å². The van der Waals surface area contributed by atoms with Crippen molar-refractivity contribution in [2.24, 2.45) is 0 Å². The lowest BCUT2D eigenvalue weighted by Gasteiger charge is -2.12. The molecule has 1 aromatic heterocycles. The number of benzene rings is 1. The number of hydrogen-bond acceptors (Lipinski definition) is 2. The molecule has 0 radical (unpaired) electrons. The van der Waals surface area contributed by atoms with Crippen molar-refractivity contribution < 1.29 is 4.74 Å². The molecule has 1 heterocycles. The van der Waals surface area contributed by atoms with E-state index in [1.165, 1.54) is 5.56 Å². The summed E-state index contributed by atoms with van der Waals surface area (Å²) in [4.78, 5) is 4.54. The molecule has 2 aromatic rings. The van der Waals surface area contributed by atoms with E-state index in [0.717, 1.165) is 22.6 Å². The molecule has 2 nitrogen and oxygen atoms in total. The van der Waals surface area contributed by atoms with Gasteiger partial charge in [-0.15, -0.1) is 0 Å². The predicted octanol–water partition coefficient (Wildman–Crippen LogP) is 4.19. The lowest BCUT2D eigenvalue weighted by molar-refractivity contribution is 0.416. The summed E-state index contributed by atoms with van der Waals surface area (Å²) in [5, 5.41) is 0. The van der Waals surface area contributed by atoms with Crippen molar-refractivity contribution in [1.82, 2.24) is 4.98 Å². The third-order valence-corrected chi connectivity index (χ3v) is 3.12. The summed E-state index contributed by atoms with van der Waals surface area (Å²) in [6, 6.07) is 10.2. The lowest BCUT2D eigenvalue weighted by atomic mass is 9.99. The minimum absolute atomic E-state index is 0.454. The Morgan fingerprint density at radius 3 is 2.44 bits per heavy atom. The van der Waals surface area contributed by atoms with Crippen LogP contribution in [0, 0.1) is 6.92 Å². The Balaban J connectivity index is 2.51. The van der Waals surface area contributed by atoms with Gasteiger partial charge < -0.3 is 4.74 Å². The van der Waals surface area contributed by atoms with Gasteiger partial charge in [-0.2, -0.15) is 0 Å². The summed E-state index contributed by atoms with van der Waals surface area (Å²) < 4.78 is 5.40. The fraction of sp³-hybridized carbons (Fsp3) is 0.312. The van der Waals surface area contributed by atoms with Crippen molar-refractivity contribution in [3.8, 4) is 16.9 Å². The molecule has 1 aromatic carbocycles. The number of nitrogens with zero attached hydrogens (tertiary/aromatic N) is 1. The summed E-state index contributed by atoms with van der Waals surface area (Å²) in [5.41, 5.74) is 4.60. The number of aromatic nitrogens is 1. The molecular weight excluding hydrogens is 222 g/mol. The molecule has 0 saturated heterocycles. The minimum atomic E-state index is 0.454. The SMILES string of the molecule is COc1ccccc1-c1cnc(C(C)C)cc1C. The van der Waals surface area contributed by atoms with E-state index in [4.69, 9.17) is 4.74 Å². The second-order valence-corrected chi connectivity index (χ2v) is 4.78. The highest BCUT2D eigenvalue weighted by atomic mass is 16.5. The summed E-state index contributed by atoms with van der Waals surface area (Å²) in [6.45, 7) is 6.43. The zero-order chi connectivity index (χ0) is 13.1. The first kappa shape index (κ1) is 12.6. The third kappa shape index (κ3) is 2.37. The van der Waals surface area contributed by atoms with Crippen molar-refractivity contribution in [3.05, 3.63) is 47.8 Å². The van der Waals surface area contributed by atoms with Gasteiger partial charge in [-0.1, -0.05) is 32.0 Å². The van der Waals surface area contributed by atoms with Gasteiger partial charge in [0.2, 0.25) is 0 Å². The average Bonchev–Trinajstić information content (AvgIpc) is 2.38. The number of methoxy groups -OCH3 is 1. The monoisotopic (exact) mass is 241 g/mol. The second kappa shape index (κ2) is 5.21. The molecular formula is C16H19NO. The van der Waals surface area contributed by atoms with Crippen LogP contribution in [0.2, 0.25) is 0 Å². The van der Waals surface area contributed by atoms with Crippen LogP contribution in [0.5, 0.6) is 5.75 Å². The molecule has 0 aliphatic rings. The molecule has 0 fully saturated rings. The van der Waals surface area contributed by atoms with Gasteiger partial charge in [0.1, 0.15) is 5.75 Å². The molecule has 0 saturated carbocycles. The number of ether oxygens (including phenoxy) is 1. The van der Waals surface area contributed by atoms with Crippen molar-refractivity contribution in [2.45, 2.75) is 26.7 Å². The molecule has 18 heavy (non-hydrogen) atoms. The fourth-order valence-electron chi connectivity index (χ4n) is 2.04. The van der Waals surface area contributed by atoms with Gasteiger partial charge in [0.05, 0.1) is 7.11 Å². The zero-order valence-corrected chi connectivity index (χ0v) is 11.4. The Bertz CT molecular complexity index is 547. The number of aryl methyl sites for hydroxylation is 1. The van der Waals surface area contributed by atoms with Crippen LogP contribution in [0.1, 0.15) is 31.0 Å². The van der Waals surface area contributed by atoms with Gasteiger partial charge in [0.25, 0.3) is 0 Å². The van der Waals surface area contributed by atoms with Crippen LogP contribution in [-0.2, 0) is 0 Å². The van der Waals surface area contributed by atoms with Crippen LogP contribution in [0.15, 0.2) is 36.5 Å². The molecule has 0 unspecified atom stereocenters. The Hall–Kier alpha value is -1.83. The summed E-state index contributed by atoms with van der Waals surface area (Å²) in [5.74, 6) is 1.34. The summed E-state index contributed by atoms with van der Waals surface area (Å²) in [6.07, 6.45) is 1.95. The van der Waals surface area contributed by atoms with Gasteiger partial charge in [-0.3, -0.25) is 4.98 Å². The molecule has 0 atom stereocenters. The molecule has 0 N–H and O–H groups in total. The van der Waals surface area contributed by atoms with Gasteiger partial charge in [0, 0.05) is 23.0 Å². The van der Waals surface area contributed by atoms with E-state index in [1.807, 2.05) is 24.4 Å². The largest absolute Gasteiger partial charge is 0.496 e. The van der Waals surface area contributed by atoms with E-state index in [0.29, 0.717) is 5.92 Å². The zero-order valence-electron chi connectivity index (χ0n) is 11.4. The van der Waals surface area contributed by atoms with E-state index >= 15 is 0 Å². The van der Waals surface area contributed by atoms with Crippen LogP contribution in [0.25, 0.3) is 11.1 Å². The first-order chi connectivity index (χ1) is 8.63. The van der Waals surface area contributed by atoms with E-state index in [9.17, 15) is 0 Å². The van der Waals surface area contributed by atoms with Crippen molar-refractivity contribution in [3.63, 3.8) is 0 Å². The normalized spacial score (nSPS) is 10.7. The first-order valence-corrected chi connectivity index (χ1v) is 6.23. The first-order valence-electron chi connectivity index (χ1n) is 6.23.